The van der Waals surface area contributed by atoms with Crippen LogP contribution in [-0.4, -0.2) is 17.5 Å². The minimum atomic E-state index is -0.266. The lowest BCUT2D eigenvalue weighted by Crippen LogP contribution is -2.20. The molecule has 0 aliphatic rings. The number of carbonyl (C=O) groups is 1. The molecule has 0 saturated heterocycles. The Kier molecular flexibility index (Phi) is 4.36. The largest absolute Gasteiger partial charge is 0.483 e. The van der Waals surface area contributed by atoms with Gasteiger partial charge in [0.05, 0.1) is 5.02 Å². The topological polar surface area (TPSA) is 51.2 Å². The Labute approximate surface area is 116 Å². The number of benzene rings is 1. The summed E-state index contributed by atoms with van der Waals surface area (Å²) in [6, 6.07) is 10.8. The summed E-state index contributed by atoms with van der Waals surface area (Å²) in [5.74, 6) is 0.877. The number of para-hydroxylation sites is 1. The van der Waals surface area contributed by atoms with Gasteiger partial charge in [0.2, 0.25) is 0 Å². The van der Waals surface area contributed by atoms with E-state index in [0.717, 1.165) is 5.56 Å². The minimum absolute atomic E-state index is 0.0604. The first-order valence-electron chi connectivity index (χ1n) is 5.75. The van der Waals surface area contributed by atoms with Crippen LogP contribution >= 0.6 is 11.6 Å². The molecule has 1 N–H and O–H groups in total. The molecule has 1 amide bonds. The molecule has 0 aliphatic carbocycles. The van der Waals surface area contributed by atoms with E-state index in [1.165, 1.54) is 6.20 Å². The van der Waals surface area contributed by atoms with E-state index in [1.54, 1.807) is 12.1 Å². The molecule has 0 atom stereocenters. The van der Waals surface area contributed by atoms with Gasteiger partial charge in [0.25, 0.3) is 5.91 Å². The molecule has 2 rings (SSSR count). The Morgan fingerprint density at radius 3 is 2.79 bits per heavy atom. The molecule has 19 heavy (non-hydrogen) atoms. The third-order valence-electron chi connectivity index (χ3n) is 2.45. The van der Waals surface area contributed by atoms with Crippen molar-refractivity contribution in [3.05, 3.63) is 53.2 Å². The molecule has 0 aliphatic heterocycles. The Balaban J connectivity index is 1.88. The normalized spacial score (nSPS) is 10.0. The number of aromatic nitrogens is 1. The van der Waals surface area contributed by atoms with Crippen molar-refractivity contribution in [2.45, 2.75) is 6.92 Å². The van der Waals surface area contributed by atoms with Crippen LogP contribution < -0.4 is 10.1 Å². The van der Waals surface area contributed by atoms with Gasteiger partial charge in [0.1, 0.15) is 11.6 Å². The average Bonchev–Trinajstić information content (AvgIpc) is 2.40. The second-order valence-corrected chi connectivity index (χ2v) is 4.40. The Bertz CT molecular complexity index is 570. The van der Waals surface area contributed by atoms with Crippen LogP contribution in [0.15, 0.2) is 42.6 Å². The fourth-order valence-corrected chi connectivity index (χ4v) is 1.60. The van der Waals surface area contributed by atoms with E-state index < -0.39 is 0 Å². The first-order valence-corrected chi connectivity index (χ1v) is 6.13. The molecule has 4 nitrogen and oxygen atoms in total. The van der Waals surface area contributed by atoms with Crippen LogP contribution in [0, 0.1) is 6.92 Å². The Morgan fingerprint density at radius 1 is 1.32 bits per heavy atom. The van der Waals surface area contributed by atoms with Gasteiger partial charge in [-0.25, -0.2) is 4.98 Å². The molecule has 0 saturated carbocycles. The van der Waals surface area contributed by atoms with Crippen LogP contribution in [0.5, 0.6) is 5.75 Å². The highest BCUT2D eigenvalue weighted by Gasteiger charge is 2.05. The van der Waals surface area contributed by atoms with Crippen molar-refractivity contribution in [2.24, 2.45) is 0 Å². The maximum Gasteiger partial charge on any atom is 0.263 e. The third kappa shape index (κ3) is 3.96. The second kappa shape index (κ2) is 6.20. The Morgan fingerprint density at radius 2 is 2.11 bits per heavy atom. The van der Waals surface area contributed by atoms with Crippen LogP contribution in [0.1, 0.15) is 5.56 Å². The number of rotatable bonds is 4. The van der Waals surface area contributed by atoms with Crippen LogP contribution in [0.4, 0.5) is 5.82 Å². The van der Waals surface area contributed by atoms with Gasteiger partial charge >= 0.3 is 0 Å². The highest BCUT2D eigenvalue weighted by Crippen LogP contribution is 2.16. The second-order valence-electron chi connectivity index (χ2n) is 3.96. The van der Waals surface area contributed by atoms with Gasteiger partial charge < -0.3 is 10.1 Å². The van der Waals surface area contributed by atoms with Gasteiger partial charge in [-0.05, 0) is 30.7 Å². The number of amides is 1. The highest BCUT2D eigenvalue weighted by atomic mass is 35.5. The summed E-state index contributed by atoms with van der Waals surface area (Å²) in [4.78, 5) is 15.6. The maximum atomic E-state index is 11.7. The molecule has 0 radical (unpaired) electrons. The fraction of sp³-hybridized carbons (Fsp3) is 0.143. The van der Waals surface area contributed by atoms with Crippen molar-refractivity contribution in [2.75, 3.05) is 11.9 Å². The number of hydrogen-bond donors (Lipinski definition) is 1. The molecular weight excluding hydrogens is 264 g/mol. The molecule has 0 bridgehead atoms. The van der Waals surface area contributed by atoms with Crippen LogP contribution in [0.3, 0.4) is 0 Å². The van der Waals surface area contributed by atoms with Gasteiger partial charge in [0.15, 0.2) is 6.61 Å². The quantitative estimate of drug-likeness (QED) is 0.934. The van der Waals surface area contributed by atoms with Gasteiger partial charge in [-0.15, -0.1) is 0 Å². The zero-order chi connectivity index (χ0) is 13.7. The molecule has 5 heteroatoms. The van der Waals surface area contributed by atoms with Crippen molar-refractivity contribution in [1.82, 2.24) is 4.98 Å². The van der Waals surface area contributed by atoms with Gasteiger partial charge in [-0.3, -0.25) is 4.79 Å². The number of pyridine rings is 1. The SMILES string of the molecule is Cc1ccccc1OCC(=O)Nc1ccc(Cl)cn1. The smallest absolute Gasteiger partial charge is 0.263 e. The number of nitrogens with one attached hydrogen (secondary N) is 1. The molecule has 1 heterocycles. The molecule has 0 fully saturated rings. The van der Waals surface area contributed by atoms with E-state index in [0.29, 0.717) is 16.6 Å². The lowest BCUT2D eigenvalue weighted by Gasteiger charge is -2.08. The predicted octanol–water partition coefficient (Wildman–Crippen LogP) is 3.06. The minimum Gasteiger partial charge on any atom is -0.483 e. The summed E-state index contributed by atoms with van der Waals surface area (Å²) < 4.78 is 5.43. The summed E-state index contributed by atoms with van der Waals surface area (Å²) in [6.07, 6.45) is 1.47. The van der Waals surface area contributed by atoms with Gasteiger partial charge in [0, 0.05) is 6.20 Å². The third-order valence-corrected chi connectivity index (χ3v) is 2.67. The summed E-state index contributed by atoms with van der Waals surface area (Å²) in [5, 5.41) is 3.15. The number of ether oxygens (including phenoxy) is 1. The van der Waals surface area contributed by atoms with Crippen molar-refractivity contribution >= 4 is 23.3 Å². The number of carbonyl (C=O) groups excluding carboxylic acids is 1. The fourth-order valence-electron chi connectivity index (χ4n) is 1.49. The van der Waals surface area contributed by atoms with Crippen molar-refractivity contribution in [3.63, 3.8) is 0 Å². The molecule has 0 unspecified atom stereocenters. The van der Waals surface area contributed by atoms with Crippen LogP contribution in [0.25, 0.3) is 0 Å². The number of halogens is 1. The lowest BCUT2D eigenvalue weighted by atomic mass is 10.2. The lowest BCUT2D eigenvalue weighted by molar-refractivity contribution is -0.118. The van der Waals surface area contributed by atoms with E-state index in [2.05, 4.69) is 10.3 Å². The zero-order valence-corrected chi connectivity index (χ0v) is 11.1. The van der Waals surface area contributed by atoms with E-state index in [-0.39, 0.29) is 12.5 Å². The van der Waals surface area contributed by atoms with E-state index in [4.69, 9.17) is 16.3 Å². The Hall–Kier alpha value is -2.07. The molecule has 2 aromatic rings. The van der Waals surface area contributed by atoms with Crippen LogP contribution in [-0.2, 0) is 4.79 Å². The van der Waals surface area contributed by atoms with Crippen molar-refractivity contribution < 1.29 is 9.53 Å². The van der Waals surface area contributed by atoms with Crippen molar-refractivity contribution in [1.29, 1.82) is 0 Å². The molecule has 1 aromatic carbocycles. The molecule has 98 valence electrons. The van der Waals surface area contributed by atoms with E-state index in [9.17, 15) is 4.79 Å². The number of anilines is 1. The molecular formula is C14H13ClN2O2. The molecule has 1 aromatic heterocycles. The highest BCUT2D eigenvalue weighted by molar-refractivity contribution is 6.30. The predicted molar refractivity (Wildman–Crippen MR) is 74.6 cm³/mol. The zero-order valence-electron chi connectivity index (χ0n) is 10.4. The number of hydrogen-bond acceptors (Lipinski definition) is 3. The van der Waals surface area contributed by atoms with Gasteiger partial charge in [-0.1, -0.05) is 29.8 Å². The average molecular weight is 277 g/mol. The number of nitrogens with zero attached hydrogens (tertiary/aromatic N) is 1. The monoisotopic (exact) mass is 276 g/mol. The first-order chi connectivity index (χ1) is 9.15. The summed E-state index contributed by atoms with van der Waals surface area (Å²) in [5.41, 5.74) is 0.986. The van der Waals surface area contributed by atoms with Crippen molar-refractivity contribution in [3.8, 4) is 5.75 Å². The summed E-state index contributed by atoms with van der Waals surface area (Å²) in [6.45, 7) is 1.86. The number of aryl methyl sites for hydroxylation is 1. The standard InChI is InChI=1S/C14H13ClN2O2/c1-10-4-2-3-5-12(10)19-9-14(18)17-13-7-6-11(15)8-16-13/h2-8H,9H2,1H3,(H,16,17,18). The first kappa shape index (κ1) is 13.4. The van der Waals surface area contributed by atoms with Gasteiger partial charge in [-0.2, -0.15) is 0 Å². The molecule has 0 spiro atoms. The summed E-state index contributed by atoms with van der Waals surface area (Å²) in [7, 11) is 0. The maximum absolute atomic E-state index is 11.7. The summed E-state index contributed by atoms with van der Waals surface area (Å²) >= 11 is 5.71. The van der Waals surface area contributed by atoms with Crippen LogP contribution in [0.2, 0.25) is 5.02 Å². The van der Waals surface area contributed by atoms with E-state index in [1.807, 2.05) is 31.2 Å². The van der Waals surface area contributed by atoms with E-state index >= 15 is 0 Å².